The third-order valence-corrected chi connectivity index (χ3v) is 3.37. The molecule has 0 spiro atoms. The van der Waals surface area contributed by atoms with E-state index in [4.69, 9.17) is 0 Å². The van der Waals surface area contributed by atoms with Crippen LogP contribution in [0.2, 0.25) is 0 Å². The molecule has 1 N–H and O–H groups in total. The summed E-state index contributed by atoms with van der Waals surface area (Å²) >= 11 is 0. The topological polar surface area (TPSA) is 40.5 Å². The molecular weight excluding hydrogens is 226 g/mol. The first-order valence-corrected chi connectivity index (χ1v) is 6.28. The zero-order valence-electron chi connectivity index (χ0n) is 11.1. The number of nitrogens with zero attached hydrogens (tertiary/aromatic N) is 1. The van der Waals surface area contributed by atoms with Gasteiger partial charge in [0.1, 0.15) is 5.75 Å². The van der Waals surface area contributed by atoms with Crippen LogP contribution in [0.1, 0.15) is 25.8 Å². The maximum Gasteiger partial charge on any atom is 0.159 e. The van der Waals surface area contributed by atoms with Crippen molar-refractivity contribution < 1.29 is 9.90 Å². The van der Waals surface area contributed by atoms with Crippen LogP contribution in [0, 0.1) is 12.8 Å². The maximum atomic E-state index is 11.5. The lowest BCUT2D eigenvalue weighted by Crippen LogP contribution is -2.39. The lowest BCUT2D eigenvalue weighted by molar-refractivity contribution is -0.115. The van der Waals surface area contributed by atoms with Gasteiger partial charge in [0.2, 0.25) is 0 Å². The average Bonchev–Trinajstić information content (AvgIpc) is 2.32. The van der Waals surface area contributed by atoms with Gasteiger partial charge < -0.3 is 10.0 Å². The maximum absolute atomic E-state index is 11.5. The Morgan fingerprint density at radius 2 is 2.11 bits per heavy atom. The number of benzene rings is 1. The summed E-state index contributed by atoms with van der Waals surface area (Å²) in [5.74, 6) is 0.751. The summed E-state index contributed by atoms with van der Waals surface area (Å²) < 4.78 is 0. The first-order valence-electron chi connectivity index (χ1n) is 6.28. The van der Waals surface area contributed by atoms with Gasteiger partial charge in [0.05, 0.1) is 5.69 Å². The second-order valence-electron chi connectivity index (χ2n) is 5.20. The zero-order chi connectivity index (χ0) is 13.3. The van der Waals surface area contributed by atoms with Gasteiger partial charge in [0.25, 0.3) is 0 Å². The van der Waals surface area contributed by atoms with Crippen molar-refractivity contribution in [2.45, 2.75) is 33.2 Å². The van der Waals surface area contributed by atoms with Gasteiger partial charge in [0.15, 0.2) is 5.78 Å². The second kappa shape index (κ2) is 4.84. The van der Waals surface area contributed by atoms with Crippen LogP contribution in [0.5, 0.6) is 5.75 Å². The van der Waals surface area contributed by atoms with Crippen LogP contribution in [0.3, 0.4) is 0 Å². The number of hydrogen-bond acceptors (Lipinski definition) is 3. The van der Waals surface area contributed by atoms with Crippen LogP contribution in [-0.4, -0.2) is 16.9 Å². The fraction of sp³-hybridized carbons (Fsp3) is 0.400. The normalized spacial score (nSPS) is 19.7. The van der Waals surface area contributed by atoms with E-state index in [1.54, 1.807) is 18.3 Å². The Hall–Kier alpha value is -1.77. The number of anilines is 1. The van der Waals surface area contributed by atoms with Crippen LogP contribution < -0.4 is 4.90 Å². The zero-order valence-corrected chi connectivity index (χ0v) is 11.1. The highest BCUT2D eigenvalue weighted by atomic mass is 16.3. The Balaban J connectivity index is 2.43. The van der Waals surface area contributed by atoms with Gasteiger partial charge in [-0.1, -0.05) is 19.9 Å². The van der Waals surface area contributed by atoms with Gasteiger partial charge in [-0.15, -0.1) is 0 Å². The first kappa shape index (κ1) is 12.7. The molecule has 0 radical (unpaired) electrons. The highest BCUT2D eigenvalue weighted by molar-refractivity contribution is 5.92. The number of aromatic hydroxyl groups is 1. The smallest absolute Gasteiger partial charge is 0.159 e. The molecule has 3 nitrogen and oxygen atoms in total. The molecule has 1 aliphatic rings. The van der Waals surface area contributed by atoms with E-state index in [0.717, 1.165) is 11.3 Å². The molecule has 3 heteroatoms. The Kier molecular flexibility index (Phi) is 3.41. The number of carbonyl (C=O) groups excluding carboxylic acids is 1. The van der Waals surface area contributed by atoms with Crippen LogP contribution in [-0.2, 0) is 4.79 Å². The van der Waals surface area contributed by atoms with Crippen molar-refractivity contribution >= 4 is 11.5 Å². The summed E-state index contributed by atoms with van der Waals surface area (Å²) in [5, 5.41) is 9.99. The largest absolute Gasteiger partial charge is 0.506 e. The van der Waals surface area contributed by atoms with Crippen molar-refractivity contribution in [1.82, 2.24) is 0 Å². The Morgan fingerprint density at radius 3 is 2.78 bits per heavy atom. The number of hydrogen-bond donors (Lipinski definition) is 1. The molecule has 0 bridgehead atoms. The quantitative estimate of drug-likeness (QED) is 0.870. The first-order chi connectivity index (χ1) is 8.49. The summed E-state index contributed by atoms with van der Waals surface area (Å²) in [5.41, 5.74) is 1.87. The van der Waals surface area contributed by atoms with Crippen LogP contribution >= 0.6 is 0 Å². The molecule has 0 saturated heterocycles. The molecule has 2 rings (SSSR count). The highest BCUT2D eigenvalue weighted by Crippen LogP contribution is 2.34. The third-order valence-electron chi connectivity index (χ3n) is 3.37. The summed E-state index contributed by atoms with van der Waals surface area (Å²) in [4.78, 5) is 13.5. The minimum Gasteiger partial charge on any atom is -0.506 e. The van der Waals surface area contributed by atoms with Crippen LogP contribution in [0.25, 0.3) is 0 Å². The molecule has 1 aromatic carbocycles. The van der Waals surface area contributed by atoms with Gasteiger partial charge in [-0.3, -0.25) is 4.79 Å². The number of carbonyl (C=O) groups is 1. The number of ketones is 1. The third kappa shape index (κ3) is 2.40. The van der Waals surface area contributed by atoms with Gasteiger partial charge in [0, 0.05) is 18.7 Å². The molecule has 1 aliphatic heterocycles. The Bertz CT molecular complexity index is 491. The van der Waals surface area contributed by atoms with E-state index in [1.165, 1.54) is 0 Å². The fourth-order valence-electron chi connectivity index (χ4n) is 2.30. The number of phenols is 1. The van der Waals surface area contributed by atoms with Crippen LogP contribution in [0.4, 0.5) is 5.69 Å². The van der Waals surface area contributed by atoms with Crippen molar-refractivity contribution in [3.63, 3.8) is 0 Å². The Labute approximate surface area is 108 Å². The molecule has 18 heavy (non-hydrogen) atoms. The van der Waals surface area contributed by atoms with E-state index < -0.39 is 0 Å². The molecule has 0 saturated carbocycles. The van der Waals surface area contributed by atoms with Crippen molar-refractivity contribution in [2.24, 2.45) is 5.92 Å². The minimum absolute atomic E-state index is 0.107. The predicted molar refractivity (Wildman–Crippen MR) is 72.7 cm³/mol. The lowest BCUT2D eigenvalue weighted by Gasteiger charge is -2.35. The van der Waals surface area contributed by atoms with E-state index in [9.17, 15) is 9.90 Å². The van der Waals surface area contributed by atoms with E-state index in [2.05, 4.69) is 13.8 Å². The van der Waals surface area contributed by atoms with Gasteiger partial charge in [-0.2, -0.15) is 0 Å². The van der Waals surface area contributed by atoms with Crippen molar-refractivity contribution in [3.8, 4) is 5.75 Å². The van der Waals surface area contributed by atoms with Crippen molar-refractivity contribution in [1.29, 1.82) is 0 Å². The fourth-order valence-corrected chi connectivity index (χ4v) is 2.30. The summed E-state index contributed by atoms with van der Waals surface area (Å²) in [6, 6.07) is 5.63. The minimum atomic E-state index is 0.107. The van der Waals surface area contributed by atoms with Gasteiger partial charge in [-0.25, -0.2) is 0 Å². The molecule has 0 unspecified atom stereocenters. The van der Waals surface area contributed by atoms with E-state index in [0.29, 0.717) is 12.3 Å². The highest BCUT2D eigenvalue weighted by Gasteiger charge is 2.27. The molecule has 0 aromatic heterocycles. The Morgan fingerprint density at radius 1 is 1.39 bits per heavy atom. The number of aryl methyl sites for hydroxylation is 1. The average molecular weight is 245 g/mol. The summed E-state index contributed by atoms with van der Waals surface area (Å²) in [6.45, 7) is 6.18. The van der Waals surface area contributed by atoms with Crippen molar-refractivity contribution in [3.05, 3.63) is 36.0 Å². The van der Waals surface area contributed by atoms with E-state index in [1.807, 2.05) is 24.0 Å². The SMILES string of the molecule is Cc1ccc(O)c(N2C=CC(=O)C[C@@H]2C(C)C)c1. The second-order valence-corrected chi connectivity index (χ2v) is 5.20. The van der Waals surface area contributed by atoms with E-state index in [-0.39, 0.29) is 17.6 Å². The van der Waals surface area contributed by atoms with Gasteiger partial charge in [-0.05, 0) is 36.6 Å². The molecular formula is C15H19NO2. The number of rotatable bonds is 2. The molecule has 0 amide bonds. The molecule has 1 atom stereocenters. The van der Waals surface area contributed by atoms with Crippen molar-refractivity contribution in [2.75, 3.05) is 4.90 Å². The summed E-state index contributed by atoms with van der Waals surface area (Å²) in [6.07, 6.45) is 3.87. The van der Waals surface area contributed by atoms with Gasteiger partial charge >= 0.3 is 0 Å². The summed E-state index contributed by atoms with van der Waals surface area (Å²) in [7, 11) is 0. The molecule has 1 aromatic rings. The lowest BCUT2D eigenvalue weighted by atomic mass is 9.94. The monoisotopic (exact) mass is 245 g/mol. The molecule has 1 heterocycles. The van der Waals surface area contributed by atoms with E-state index >= 15 is 0 Å². The molecule has 96 valence electrons. The predicted octanol–water partition coefficient (Wildman–Crippen LogP) is 3.02. The number of allylic oxidation sites excluding steroid dienone is 1. The van der Waals surface area contributed by atoms with Crippen LogP contribution in [0.15, 0.2) is 30.5 Å². The molecule has 0 fully saturated rings. The number of phenolic OH excluding ortho intramolecular Hbond substituents is 1. The standard InChI is InChI=1S/C15H19NO2/c1-10(2)13-9-12(17)6-7-16(13)14-8-11(3)4-5-15(14)18/h4-8,10,13,18H,9H2,1-3H3/t13-/m1/s1. The molecule has 0 aliphatic carbocycles.